The number of fused-ring (bicyclic) bond motifs is 3. The molecule has 0 saturated carbocycles. The number of benzene rings is 2. The summed E-state index contributed by atoms with van der Waals surface area (Å²) in [5.41, 5.74) is 5.40. The van der Waals surface area contributed by atoms with Crippen molar-refractivity contribution in [1.29, 1.82) is 0 Å². The second-order valence-electron chi connectivity index (χ2n) is 6.97. The predicted octanol–water partition coefficient (Wildman–Crippen LogP) is 6.12. The lowest BCUT2D eigenvalue weighted by Crippen LogP contribution is -2.29. The number of anilines is 2. The van der Waals surface area contributed by atoms with Crippen LogP contribution in [0.4, 0.5) is 11.4 Å². The normalized spacial score (nSPS) is 23.7. The molecule has 0 fully saturated rings. The van der Waals surface area contributed by atoms with Gasteiger partial charge in [-0.2, -0.15) is 0 Å². The van der Waals surface area contributed by atoms with Gasteiger partial charge in [-0.25, -0.2) is 0 Å². The molecule has 0 bridgehead atoms. The number of nitrogens with zero attached hydrogens (tertiary/aromatic N) is 1. The topological polar surface area (TPSA) is 15.3 Å². The Morgan fingerprint density at radius 3 is 2.56 bits per heavy atom. The minimum absolute atomic E-state index is 0.374. The molecule has 1 aliphatic carbocycles. The fraction of sp³-hybridized carbons (Fsp3) is 0.364. The summed E-state index contributed by atoms with van der Waals surface area (Å²) in [5.74, 6) is 1.11. The first-order valence-corrected chi connectivity index (χ1v) is 10.1. The summed E-state index contributed by atoms with van der Waals surface area (Å²) in [5, 5.41) is 3.81. The van der Waals surface area contributed by atoms with Crippen LogP contribution in [0.5, 0.6) is 0 Å². The zero-order valence-corrected chi connectivity index (χ0v) is 16.5. The van der Waals surface area contributed by atoms with Crippen LogP contribution in [0, 0.1) is 5.92 Å². The van der Waals surface area contributed by atoms with Crippen molar-refractivity contribution in [3.63, 3.8) is 0 Å². The lowest BCUT2D eigenvalue weighted by molar-refractivity contribution is 0.425. The van der Waals surface area contributed by atoms with E-state index in [9.17, 15) is 0 Å². The lowest BCUT2D eigenvalue weighted by atomic mass is 9.77. The monoisotopic (exact) mass is 396 g/mol. The van der Waals surface area contributed by atoms with Gasteiger partial charge in [0.2, 0.25) is 0 Å². The summed E-state index contributed by atoms with van der Waals surface area (Å²) < 4.78 is 1.16. The van der Waals surface area contributed by atoms with Gasteiger partial charge in [-0.3, -0.25) is 0 Å². The van der Waals surface area contributed by atoms with Crippen LogP contribution < -0.4 is 10.2 Å². The van der Waals surface area contributed by atoms with Gasteiger partial charge in [-0.1, -0.05) is 40.2 Å². The third-order valence-corrected chi connectivity index (χ3v) is 6.20. The molecule has 3 unspecified atom stereocenters. The molecule has 0 radical (unpaired) electrons. The van der Waals surface area contributed by atoms with Crippen LogP contribution in [0.25, 0.3) is 0 Å². The standard InChI is InChI=1S/C22H25BrN2/c1-3-25(4-2)17-11-8-15(9-12-17)22-19-7-5-6-18(19)20-14-16(23)10-13-21(20)24-22/h5-6,8-14,18-19,22,24H,3-4,7H2,1-2H3. The molecule has 2 aromatic rings. The number of hydrogen-bond donors (Lipinski definition) is 1. The van der Waals surface area contributed by atoms with Gasteiger partial charge in [0.25, 0.3) is 0 Å². The molecule has 1 aliphatic heterocycles. The first kappa shape index (κ1) is 16.7. The summed E-state index contributed by atoms with van der Waals surface area (Å²) in [6.07, 6.45) is 5.89. The Kier molecular flexibility index (Phi) is 4.60. The summed E-state index contributed by atoms with van der Waals surface area (Å²) in [6.45, 7) is 6.52. The zero-order valence-electron chi connectivity index (χ0n) is 14.9. The third kappa shape index (κ3) is 2.99. The Labute approximate surface area is 159 Å². The first-order chi connectivity index (χ1) is 12.2. The van der Waals surface area contributed by atoms with E-state index in [0.29, 0.717) is 17.9 Å². The van der Waals surface area contributed by atoms with Crippen molar-refractivity contribution in [2.45, 2.75) is 32.2 Å². The smallest absolute Gasteiger partial charge is 0.0553 e. The minimum atomic E-state index is 0.374. The van der Waals surface area contributed by atoms with E-state index in [1.54, 1.807) is 0 Å². The van der Waals surface area contributed by atoms with Crippen molar-refractivity contribution in [1.82, 2.24) is 0 Å². The fourth-order valence-corrected chi connectivity index (χ4v) is 4.76. The molecular weight excluding hydrogens is 372 g/mol. The summed E-state index contributed by atoms with van der Waals surface area (Å²) in [6, 6.07) is 16.2. The lowest BCUT2D eigenvalue weighted by Gasteiger charge is -2.37. The van der Waals surface area contributed by atoms with Gasteiger partial charge in [0, 0.05) is 34.9 Å². The number of halogens is 1. The van der Waals surface area contributed by atoms with E-state index in [2.05, 4.69) is 94.6 Å². The quantitative estimate of drug-likeness (QED) is 0.625. The highest BCUT2D eigenvalue weighted by Crippen LogP contribution is 2.50. The van der Waals surface area contributed by atoms with Crippen LogP contribution in [-0.2, 0) is 0 Å². The Bertz CT molecular complexity index is 777. The second kappa shape index (κ2) is 6.87. The number of hydrogen-bond acceptors (Lipinski definition) is 2. The van der Waals surface area contributed by atoms with Crippen LogP contribution in [0.15, 0.2) is 59.1 Å². The molecule has 4 rings (SSSR count). The van der Waals surface area contributed by atoms with Crippen molar-refractivity contribution in [3.05, 3.63) is 70.2 Å². The van der Waals surface area contributed by atoms with Gasteiger partial charge >= 0.3 is 0 Å². The van der Waals surface area contributed by atoms with Gasteiger partial charge in [0.15, 0.2) is 0 Å². The number of nitrogens with one attached hydrogen (secondary N) is 1. The van der Waals surface area contributed by atoms with E-state index in [1.165, 1.54) is 22.5 Å². The first-order valence-electron chi connectivity index (χ1n) is 9.28. The highest BCUT2D eigenvalue weighted by atomic mass is 79.9. The van der Waals surface area contributed by atoms with E-state index in [0.717, 1.165) is 24.0 Å². The molecule has 0 saturated heterocycles. The highest BCUT2D eigenvalue weighted by molar-refractivity contribution is 9.10. The maximum absolute atomic E-state index is 3.81. The van der Waals surface area contributed by atoms with Gasteiger partial charge in [0.05, 0.1) is 6.04 Å². The molecule has 3 heteroatoms. The highest BCUT2D eigenvalue weighted by Gasteiger charge is 2.37. The molecule has 0 spiro atoms. The van der Waals surface area contributed by atoms with Crippen LogP contribution in [-0.4, -0.2) is 13.1 Å². The molecule has 3 atom stereocenters. The molecule has 2 nitrogen and oxygen atoms in total. The van der Waals surface area contributed by atoms with Crippen molar-refractivity contribution in [2.24, 2.45) is 5.92 Å². The predicted molar refractivity (Wildman–Crippen MR) is 110 cm³/mol. The van der Waals surface area contributed by atoms with Crippen molar-refractivity contribution >= 4 is 27.3 Å². The van der Waals surface area contributed by atoms with Crippen LogP contribution in [0.1, 0.15) is 43.4 Å². The largest absolute Gasteiger partial charge is 0.378 e. The SMILES string of the molecule is CCN(CC)c1ccc(C2Nc3ccc(Br)cc3C3C=CCC32)cc1. The Hall–Kier alpha value is -1.74. The van der Waals surface area contributed by atoms with Gasteiger partial charge in [-0.15, -0.1) is 0 Å². The molecule has 130 valence electrons. The number of rotatable bonds is 4. The van der Waals surface area contributed by atoms with Crippen molar-refractivity contribution < 1.29 is 0 Å². The van der Waals surface area contributed by atoms with Crippen LogP contribution in [0.2, 0.25) is 0 Å². The van der Waals surface area contributed by atoms with Gasteiger partial charge in [-0.05, 0) is 67.6 Å². The molecule has 25 heavy (non-hydrogen) atoms. The minimum Gasteiger partial charge on any atom is -0.378 e. The Morgan fingerprint density at radius 2 is 1.84 bits per heavy atom. The second-order valence-corrected chi connectivity index (χ2v) is 7.89. The molecule has 2 aliphatic rings. The van der Waals surface area contributed by atoms with E-state index in [-0.39, 0.29) is 0 Å². The molecule has 0 aromatic heterocycles. The number of allylic oxidation sites excluding steroid dienone is 2. The maximum Gasteiger partial charge on any atom is 0.0553 e. The molecule has 1 heterocycles. The van der Waals surface area contributed by atoms with Crippen molar-refractivity contribution in [3.8, 4) is 0 Å². The van der Waals surface area contributed by atoms with Crippen LogP contribution in [0.3, 0.4) is 0 Å². The molecule has 1 N–H and O–H groups in total. The maximum atomic E-state index is 3.81. The van der Waals surface area contributed by atoms with E-state index in [4.69, 9.17) is 0 Å². The van der Waals surface area contributed by atoms with E-state index >= 15 is 0 Å². The average molecular weight is 397 g/mol. The Morgan fingerprint density at radius 1 is 1.08 bits per heavy atom. The summed E-state index contributed by atoms with van der Waals surface area (Å²) in [4.78, 5) is 2.39. The third-order valence-electron chi connectivity index (χ3n) is 5.71. The molecular formula is C22H25BrN2. The van der Waals surface area contributed by atoms with E-state index < -0.39 is 0 Å². The summed E-state index contributed by atoms with van der Waals surface area (Å²) in [7, 11) is 0. The zero-order chi connectivity index (χ0) is 17.4. The fourth-order valence-electron chi connectivity index (χ4n) is 4.38. The van der Waals surface area contributed by atoms with Gasteiger partial charge in [0.1, 0.15) is 0 Å². The van der Waals surface area contributed by atoms with Crippen LogP contribution >= 0.6 is 15.9 Å². The molecule has 0 amide bonds. The van der Waals surface area contributed by atoms with Crippen molar-refractivity contribution in [2.75, 3.05) is 23.3 Å². The average Bonchev–Trinajstić information content (AvgIpc) is 3.13. The summed E-state index contributed by atoms with van der Waals surface area (Å²) >= 11 is 3.63. The van der Waals surface area contributed by atoms with E-state index in [1.807, 2.05) is 0 Å². The Balaban J connectivity index is 1.66. The van der Waals surface area contributed by atoms with Gasteiger partial charge < -0.3 is 10.2 Å². The molecule has 2 aromatic carbocycles.